The highest BCUT2D eigenvalue weighted by Gasteiger charge is 2.30. The summed E-state index contributed by atoms with van der Waals surface area (Å²) in [6.45, 7) is 1.97. The molecule has 0 aliphatic heterocycles. The minimum absolute atomic E-state index is 0.00785. The number of nitrogens with two attached hydrogens (primary N) is 1. The molecule has 0 bridgehead atoms. The van der Waals surface area contributed by atoms with Gasteiger partial charge in [0, 0.05) is 11.7 Å². The number of carbonyl (C=O) groups is 1. The van der Waals surface area contributed by atoms with Gasteiger partial charge in [-0.1, -0.05) is 12.5 Å². The van der Waals surface area contributed by atoms with Gasteiger partial charge in [0.25, 0.3) is 0 Å². The molecule has 1 aliphatic carbocycles. The molecule has 3 N–H and O–H groups in total. The van der Waals surface area contributed by atoms with Crippen molar-refractivity contribution in [2.24, 2.45) is 11.7 Å². The molecule has 2 atom stereocenters. The van der Waals surface area contributed by atoms with Crippen molar-refractivity contribution >= 4 is 11.6 Å². The van der Waals surface area contributed by atoms with Crippen molar-refractivity contribution in [2.75, 3.05) is 5.32 Å². The van der Waals surface area contributed by atoms with Crippen molar-refractivity contribution in [1.82, 2.24) is 20.2 Å². The van der Waals surface area contributed by atoms with Crippen LogP contribution in [0.1, 0.15) is 24.8 Å². The molecular formula is C14H18N6O. The molecule has 1 aromatic carbocycles. The summed E-state index contributed by atoms with van der Waals surface area (Å²) in [7, 11) is 0. The van der Waals surface area contributed by atoms with Crippen LogP contribution in [-0.4, -0.2) is 32.2 Å². The lowest BCUT2D eigenvalue weighted by Crippen LogP contribution is -2.34. The Bertz CT molecular complexity index is 639. The van der Waals surface area contributed by atoms with Crippen LogP contribution in [-0.2, 0) is 4.79 Å². The fourth-order valence-corrected chi connectivity index (χ4v) is 2.75. The number of anilines is 1. The zero-order valence-corrected chi connectivity index (χ0v) is 11.9. The Morgan fingerprint density at radius 3 is 2.95 bits per heavy atom. The smallest absolute Gasteiger partial charge is 0.229 e. The highest BCUT2D eigenvalue weighted by Crippen LogP contribution is 2.26. The number of amides is 1. The fraction of sp³-hybridized carbons (Fsp3) is 0.429. The number of aromatic nitrogens is 4. The zero-order valence-electron chi connectivity index (χ0n) is 11.9. The van der Waals surface area contributed by atoms with E-state index in [0.29, 0.717) is 0 Å². The topological polar surface area (TPSA) is 98.7 Å². The first kappa shape index (κ1) is 13.7. The molecule has 1 saturated carbocycles. The van der Waals surface area contributed by atoms with Gasteiger partial charge in [0.15, 0.2) is 0 Å². The number of benzene rings is 1. The lowest BCUT2D eigenvalue weighted by Gasteiger charge is -2.16. The molecule has 2 unspecified atom stereocenters. The van der Waals surface area contributed by atoms with Crippen LogP contribution in [0.25, 0.3) is 5.69 Å². The molecule has 0 saturated heterocycles. The Labute approximate surface area is 122 Å². The van der Waals surface area contributed by atoms with Gasteiger partial charge in [0.1, 0.15) is 6.33 Å². The Kier molecular flexibility index (Phi) is 3.66. The van der Waals surface area contributed by atoms with Gasteiger partial charge in [0.2, 0.25) is 5.91 Å². The van der Waals surface area contributed by atoms with Crippen molar-refractivity contribution in [3.63, 3.8) is 0 Å². The zero-order chi connectivity index (χ0) is 14.8. The van der Waals surface area contributed by atoms with Crippen molar-refractivity contribution in [3.8, 4) is 5.69 Å². The molecule has 1 amide bonds. The third-order valence-electron chi connectivity index (χ3n) is 3.98. The van der Waals surface area contributed by atoms with Crippen LogP contribution in [0.2, 0.25) is 0 Å². The lowest BCUT2D eigenvalue weighted by molar-refractivity contribution is -0.120. The summed E-state index contributed by atoms with van der Waals surface area (Å²) in [5, 5.41) is 14.1. The van der Waals surface area contributed by atoms with Crippen molar-refractivity contribution in [2.45, 2.75) is 32.2 Å². The van der Waals surface area contributed by atoms with Crippen molar-refractivity contribution in [3.05, 3.63) is 30.1 Å². The van der Waals surface area contributed by atoms with Crippen LogP contribution in [0, 0.1) is 12.8 Å². The van der Waals surface area contributed by atoms with Gasteiger partial charge in [-0.15, -0.1) is 5.10 Å². The van der Waals surface area contributed by atoms with Gasteiger partial charge in [-0.25, -0.2) is 4.68 Å². The van der Waals surface area contributed by atoms with Crippen LogP contribution in [0.3, 0.4) is 0 Å². The predicted octanol–water partition coefficient (Wildman–Crippen LogP) is 1.04. The summed E-state index contributed by atoms with van der Waals surface area (Å²) >= 11 is 0. The van der Waals surface area contributed by atoms with Gasteiger partial charge < -0.3 is 11.1 Å². The highest BCUT2D eigenvalue weighted by atomic mass is 16.1. The number of hydrogen-bond donors (Lipinski definition) is 2. The quantitative estimate of drug-likeness (QED) is 0.878. The average molecular weight is 286 g/mol. The van der Waals surface area contributed by atoms with Gasteiger partial charge >= 0.3 is 0 Å². The van der Waals surface area contributed by atoms with E-state index < -0.39 is 0 Å². The van der Waals surface area contributed by atoms with E-state index in [1.165, 1.54) is 6.33 Å². The molecule has 1 aromatic heterocycles. The molecule has 0 radical (unpaired) electrons. The van der Waals surface area contributed by atoms with E-state index >= 15 is 0 Å². The second-order valence-electron chi connectivity index (χ2n) is 5.45. The molecule has 3 rings (SSSR count). The largest absolute Gasteiger partial charge is 0.327 e. The van der Waals surface area contributed by atoms with E-state index in [9.17, 15) is 4.79 Å². The second kappa shape index (κ2) is 5.61. The van der Waals surface area contributed by atoms with E-state index in [1.54, 1.807) is 4.68 Å². The van der Waals surface area contributed by atoms with Crippen molar-refractivity contribution in [1.29, 1.82) is 0 Å². The minimum atomic E-state index is -0.0946. The maximum Gasteiger partial charge on any atom is 0.229 e. The van der Waals surface area contributed by atoms with Crippen molar-refractivity contribution < 1.29 is 4.79 Å². The van der Waals surface area contributed by atoms with Crippen LogP contribution in [0.5, 0.6) is 0 Å². The monoisotopic (exact) mass is 286 g/mol. The SMILES string of the molecule is Cc1ccc(NC(=O)C2CCCC2N)cc1-n1cnnn1. The second-order valence-corrected chi connectivity index (χ2v) is 5.45. The van der Waals surface area contributed by atoms with Gasteiger partial charge in [0.05, 0.1) is 11.6 Å². The summed E-state index contributed by atoms with van der Waals surface area (Å²) in [5.41, 5.74) is 8.57. The average Bonchev–Trinajstić information content (AvgIpc) is 3.12. The molecule has 1 aliphatic rings. The first-order valence-corrected chi connectivity index (χ1v) is 7.05. The number of rotatable bonds is 3. The van der Waals surface area contributed by atoms with Crippen LogP contribution in [0.15, 0.2) is 24.5 Å². The van der Waals surface area contributed by atoms with E-state index in [2.05, 4.69) is 20.8 Å². The number of nitrogens with zero attached hydrogens (tertiary/aromatic N) is 4. The third kappa shape index (κ3) is 2.78. The number of carbonyl (C=O) groups excluding carboxylic acids is 1. The Morgan fingerprint density at radius 2 is 2.29 bits per heavy atom. The summed E-state index contributed by atoms with van der Waals surface area (Å²) in [6, 6.07) is 5.64. The van der Waals surface area contributed by atoms with Crippen LogP contribution >= 0.6 is 0 Å². The first-order chi connectivity index (χ1) is 10.1. The summed E-state index contributed by atoms with van der Waals surface area (Å²) in [6.07, 6.45) is 4.32. The third-order valence-corrected chi connectivity index (χ3v) is 3.98. The number of hydrogen-bond acceptors (Lipinski definition) is 5. The van der Waals surface area contributed by atoms with Gasteiger partial charge in [-0.3, -0.25) is 4.79 Å². The normalized spacial score (nSPS) is 21.4. The standard InChI is InChI=1S/C14H18N6O/c1-9-5-6-10(7-13(9)20-8-16-18-19-20)17-14(21)11-3-2-4-12(11)15/h5-8,11-12H,2-4,15H2,1H3,(H,17,21). The molecule has 0 spiro atoms. The molecule has 21 heavy (non-hydrogen) atoms. The lowest BCUT2D eigenvalue weighted by atomic mass is 10.0. The maximum atomic E-state index is 12.3. The molecule has 1 heterocycles. The van der Waals surface area contributed by atoms with Gasteiger partial charge in [-0.05, 0) is 47.9 Å². The molecule has 110 valence electrons. The predicted molar refractivity (Wildman–Crippen MR) is 77.8 cm³/mol. The number of tetrazole rings is 1. The van der Waals surface area contributed by atoms with Crippen LogP contribution < -0.4 is 11.1 Å². The van der Waals surface area contributed by atoms with E-state index in [-0.39, 0.29) is 17.9 Å². The summed E-state index contributed by atoms with van der Waals surface area (Å²) in [4.78, 5) is 12.3. The van der Waals surface area contributed by atoms with Crippen LogP contribution in [0.4, 0.5) is 5.69 Å². The minimum Gasteiger partial charge on any atom is -0.327 e. The maximum absolute atomic E-state index is 12.3. The first-order valence-electron chi connectivity index (χ1n) is 7.05. The Morgan fingerprint density at radius 1 is 1.43 bits per heavy atom. The summed E-state index contributed by atoms with van der Waals surface area (Å²) < 4.78 is 1.58. The van der Waals surface area contributed by atoms with E-state index in [4.69, 9.17) is 5.73 Å². The van der Waals surface area contributed by atoms with E-state index in [1.807, 2.05) is 25.1 Å². The molecule has 1 fully saturated rings. The fourth-order valence-electron chi connectivity index (χ4n) is 2.75. The Hall–Kier alpha value is -2.28. The Balaban J connectivity index is 1.80. The summed E-state index contributed by atoms with van der Waals surface area (Å²) in [5.74, 6) is -0.102. The molecular weight excluding hydrogens is 268 g/mol. The molecule has 7 heteroatoms. The van der Waals surface area contributed by atoms with E-state index in [0.717, 1.165) is 36.2 Å². The number of nitrogens with one attached hydrogen (secondary N) is 1. The van der Waals surface area contributed by atoms with Gasteiger partial charge in [-0.2, -0.15) is 0 Å². The molecule has 7 nitrogen and oxygen atoms in total. The number of aryl methyl sites for hydroxylation is 1. The molecule has 2 aromatic rings. The highest BCUT2D eigenvalue weighted by molar-refractivity contribution is 5.93.